The van der Waals surface area contributed by atoms with E-state index in [1.807, 2.05) is 70.3 Å². The van der Waals surface area contributed by atoms with Gasteiger partial charge in [0, 0.05) is 29.4 Å². The van der Waals surface area contributed by atoms with Crippen LogP contribution < -0.4 is 29.1 Å². The van der Waals surface area contributed by atoms with Crippen molar-refractivity contribution in [3.05, 3.63) is 97.8 Å². The van der Waals surface area contributed by atoms with Crippen molar-refractivity contribution < 1.29 is 28.0 Å². The average molecular weight is 530 g/mol. The van der Waals surface area contributed by atoms with Gasteiger partial charge in [0.15, 0.2) is 51.0 Å². The van der Waals surface area contributed by atoms with Crippen molar-refractivity contribution in [2.24, 2.45) is 10.2 Å². The number of hydrogen-bond donors (Lipinski definition) is 2. The standard InChI is InChI=1S/C28H31N8O3/c1-39-25-10-8-24(9-11-25)31-32-28-35(22-26(37)29-12-18-33-14-4-2-5-15-33)20-21-36(28)23-27(38)30-13-19-34-16-6-3-7-17-34/h2-11,14-17,20-21H,12-13,18-19,22-23H2,1H3/q+1/p+2. The number of pyridine rings is 2. The number of carbonyl (C=O) groups excluding carboxylic acids is 2. The summed E-state index contributed by atoms with van der Waals surface area (Å²) < 4.78 is 12.5. The molecule has 11 nitrogen and oxygen atoms in total. The number of azo groups is 1. The molecule has 0 spiro atoms. The van der Waals surface area contributed by atoms with Crippen LogP contribution in [0, 0.1) is 0 Å². The topological polar surface area (TPSA) is 109 Å². The monoisotopic (exact) mass is 529 g/mol. The van der Waals surface area contributed by atoms with Crippen LogP contribution >= 0.6 is 0 Å². The van der Waals surface area contributed by atoms with Gasteiger partial charge in [-0.2, -0.15) is 0 Å². The molecule has 0 unspecified atom stereocenters. The molecule has 200 valence electrons. The van der Waals surface area contributed by atoms with Crippen LogP contribution in [0.15, 0.2) is 108 Å². The SMILES string of the molecule is COc1ccc(/N=N/c2n(CC(=O)NCC[n+]3ccccc3)cc[n+]2CC(=O)NCC[n+]2ccccc2)cc1. The molecule has 0 aliphatic heterocycles. The van der Waals surface area contributed by atoms with E-state index in [1.54, 1.807) is 52.9 Å². The lowest BCUT2D eigenvalue weighted by molar-refractivity contribution is -0.695. The first-order chi connectivity index (χ1) is 19.1. The van der Waals surface area contributed by atoms with Gasteiger partial charge < -0.3 is 15.4 Å². The molecule has 4 aromatic rings. The summed E-state index contributed by atoms with van der Waals surface area (Å²) in [4.78, 5) is 25.4. The molecule has 2 amide bonds. The van der Waals surface area contributed by atoms with Gasteiger partial charge in [0.1, 0.15) is 11.4 Å². The fraction of sp³-hybridized carbons (Fsp3) is 0.250. The highest BCUT2D eigenvalue weighted by molar-refractivity contribution is 5.76. The molecule has 0 aliphatic rings. The maximum absolute atomic E-state index is 12.7. The number of methoxy groups -OCH3 is 1. The normalized spacial score (nSPS) is 10.9. The molecule has 3 aromatic heterocycles. The van der Waals surface area contributed by atoms with Crippen molar-refractivity contribution in [2.45, 2.75) is 26.2 Å². The number of hydrogen-bond acceptors (Lipinski definition) is 5. The van der Waals surface area contributed by atoms with Crippen LogP contribution in [0.4, 0.5) is 11.6 Å². The molecular formula is C28H33N8O3+3. The summed E-state index contributed by atoms with van der Waals surface area (Å²) in [7, 11) is 1.60. The number of amides is 2. The molecule has 0 fully saturated rings. The van der Waals surface area contributed by atoms with Gasteiger partial charge in [-0.25, -0.2) is 18.3 Å². The fourth-order valence-electron chi connectivity index (χ4n) is 3.81. The summed E-state index contributed by atoms with van der Waals surface area (Å²) in [6.07, 6.45) is 11.2. The third-order valence-corrected chi connectivity index (χ3v) is 5.83. The first-order valence-corrected chi connectivity index (χ1v) is 12.7. The number of nitrogens with zero attached hydrogens (tertiary/aromatic N) is 6. The molecule has 0 aliphatic carbocycles. The lowest BCUT2D eigenvalue weighted by Gasteiger charge is -2.04. The van der Waals surface area contributed by atoms with Crippen molar-refractivity contribution in [3.8, 4) is 5.75 Å². The molecule has 0 bridgehead atoms. The van der Waals surface area contributed by atoms with E-state index in [4.69, 9.17) is 4.74 Å². The van der Waals surface area contributed by atoms with Gasteiger partial charge in [0.2, 0.25) is 0 Å². The average Bonchev–Trinajstić information content (AvgIpc) is 3.33. The van der Waals surface area contributed by atoms with E-state index < -0.39 is 0 Å². The quantitative estimate of drug-likeness (QED) is 0.202. The van der Waals surface area contributed by atoms with Gasteiger partial charge in [-0.3, -0.25) is 9.59 Å². The van der Waals surface area contributed by atoms with Crippen LogP contribution in [0.3, 0.4) is 0 Å². The molecule has 3 heterocycles. The highest BCUT2D eigenvalue weighted by Gasteiger charge is 2.22. The molecule has 0 saturated carbocycles. The minimum atomic E-state index is -0.167. The third kappa shape index (κ3) is 8.56. The Morgan fingerprint density at radius 1 is 0.795 bits per heavy atom. The van der Waals surface area contributed by atoms with E-state index in [1.165, 1.54) is 0 Å². The predicted molar refractivity (Wildman–Crippen MR) is 141 cm³/mol. The summed E-state index contributed by atoms with van der Waals surface area (Å²) in [6, 6.07) is 18.8. The number of aromatic nitrogens is 4. The van der Waals surface area contributed by atoms with Gasteiger partial charge in [0.05, 0.1) is 32.6 Å². The van der Waals surface area contributed by atoms with Gasteiger partial charge in [-0.1, -0.05) is 17.2 Å². The van der Waals surface area contributed by atoms with Crippen molar-refractivity contribution >= 4 is 23.5 Å². The molecule has 0 saturated heterocycles. The van der Waals surface area contributed by atoms with Gasteiger partial charge in [0.25, 0.3) is 11.8 Å². The molecule has 0 radical (unpaired) electrons. The fourth-order valence-corrected chi connectivity index (χ4v) is 3.81. The minimum Gasteiger partial charge on any atom is -0.497 e. The lowest BCUT2D eigenvalue weighted by atomic mass is 10.3. The van der Waals surface area contributed by atoms with Crippen LogP contribution in [0.5, 0.6) is 5.75 Å². The summed E-state index contributed by atoms with van der Waals surface area (Å²) in [5.74, 6) is 0.757. The number of imidazole rings is 1. The Hall–Kier alpha value is -4.93. The molecule has 11 heteroatoms. The second-order valence-corrected chi connectivity index (χ2v) is 8.68. The van der Waals surface area contributed by atoms with Crippen molar-refractivity contribution in [1.29, 1.82) is 0 Å². The van der Waals surface area contributed by atoms with Crippen molar-refractivity contribution in [1.82, 2.24) is 15.2 Å². The second-order valence-electron chi connectivity index (χ2n) is 8.68. The smallest absolute Gasteiger partial charge is 0.422 e. The van der Waals surface area contributed by atoms with E-state index >= 15 is 0 Å². The third-order valence-electron chi connectivity index (χ3n) is 5.83. The molecule has 1 aromatic carbocycles. The Balaban J connectivity index is 1.41. The summed E-state index contributed by atoms with van der Waals surface area (Å²) >= 11 is 0. The Kier molecular flexibility index (Phi) is 9.82. The van der Waals surface area contributed by atoms with Crippen LogP contribution in [0.25, 0.3) is 0 Å². The molecule has 39 heavy (non-hydrogen) atoms. The number of ether oxygens (including phenoxy) is 1. The van der Waals surface area contributed by atoms with Crippen molar-refractivity contribution in [3.63, 3.8) is 0 Å². The van der Waals surface area contributed by atoms with Crippen LogP contribution in [-0.2, 0) is 35.8 Å². The highest BCUT2D eigenvalue weighted by Crippen LogP contribution is 2.20. The van der Waals surface area contributed by atoms with Gasteiger partial charge in [-0.15, -0.1) is 0 Å². The summed E-state index contributed by atoms with van der Waals surface area (Å²) in [6.45, 7) is 2.36. The van der Waals surface area contributed by atoms with E-state index in [0.29, 0.717) is 43.6 Å². The minimum absolute atomic E-state index is 0.0374. The molecule has 0 atom stereocenters. The van der Waals surface area contributed by atoms with Crippen molar-refractivity contribution in [2.75, 3.05) is 20.2 Å². The van der Waals surface area contributed by atoms with Crippen LogP contribution in [0.2, 0.25) is 0 Å². The zero-order valence-electron chi connectivity index (χ0n) is 21.9. The Morgan fingerprint density at radius 3 is 1.97 bits per heavy atom. The maximum atomic E-state index is 12.7. The van der Waals surface area contributed by atoms with E-state index in [2.05, 4.69) is 20.9 Å². The lowest BCUT2D eigenvalue weighted by Crippen LogP contribution is -2.45. The first-order valence-electron chi connectivity index (χ1n) is 12.7. The second kappa shape index (κ2) is 14.1. The number of carbonyl (C=O) groups is 2. The molecule has 2 N–H and O–H groups in total. The Morgan fingerprint density at radius 2 is 1.38 bits per heavy atom. The van der Waals surface area contributed by atoms with Crippen LogP contribution in [0.1, 0.15) is 0 Å². The zero-order chi connectivity index (χ0) is 27.3. The van der Waals surface area contributed by atoms with Gasteiger partial charge in [-0.05, 0) is 24.3 Å². The molecule has 4 rings (SSSR count). The predicted octanol–water partition coefficient (Wildman–Crippen LogP) is 1.41. The maximum Gasteiger partial charge on any atom is 0.422 e. The zero-order valence-corrected chi connectivity index (χ0v) is 21.9. The van der Waals surface area contributed by atoms with E-state index in [0.717, 1.165) is 0 Å². The highest BCUT2D eigenvalue weighted by atomic mass is 16.5. The van der Waals surface area contributed by atoms with Gasteiger partial charge >= 0.3 is 5.95 Å². The number of benzene rings is 1. The number of nitrogens with one attached hydrogen (secondary N) is 2. The largest absolute Gasteiger partial charge is 0.497 e. The van der Waals surface area contributed by atoms with Crippen LogP contribution in [-0.4, -0.2) is 36.6 Å². The Labute approximate surface area is 227 Å². The first kappa shape index (κ1) is 27.1. The summed E-state index contributed by atoms with van der Waals surface area (Å²) in [5.41, 5.74) is 0.615. The van der Waals surface area contributed by atoms with E-state index in [-0.39, 0.29) is 24.9 Å². The van der Waals surface area contributed by atoms with E-state index in [9.17, 15) is 9.59 Å². The summed E-state index contributed by atoms with van der Waals surface area (Å²) in [5, 5.41) is 14.6. The molecular weight excluding hydrogens is 496 g/mol. The number of rotatable bonds is 13. The Bertz CT molecular complexity index is 1300.